The first-order chi connectivity index (χ1) is 5.11. The molecule has 0 aromatic heterocycles. The number of hydrogen-bond donors (Lipinski definition) is 0. The summed E-state index contributed by atoms with van der Waals surface area (Å²) in [5, 5.41) is 9.00. The van der Waals surface area contributed by atoms with Crippen molar-refractivity contribution in [1.29, 1.82) is 5.26 Å². The summed E-state index contributed by atoms with van der Waals surface area (Å²) in [7, 11) is 3.98. The molecule has 0 N–H and O–H groups in total. The molecule has 0 aromatic carbocycles. The van der Waals surface area contributed by atoms with Crippen LogP contribution < -0.4 is 0 Å². The molecular formula is C9H16N2. The molecule has 0 radical (unpaired) electrons. The fraction of sp³-hybridized carbons (Fsp3) is 0.889. The molecular weight excluding hydrogens is 136 g/mol. The molecule has 0 heterocycles. The van der Waals surface area contributed by atoms with Crippen molar-refractivity contribution in [3.63, 3.8) is 0 Å². The Morgan fingerprint density at radius 2 is 2.00 bits per heavy atom. The van der Waals surface area contributed by atoms with Crippen LogP contribution >= 0.6 is 0 Å². The minimum absolute atomic E-state index is 0.224. The van der Waals surface area contributed by atoms with Crippen LogP contribution in [0.25, 0.3) is 0 Å². The maximum atomic E-state index is 9.00. The van der Waals surface area contributed by atoms with Gasteiger partial charge in [0.15, 0.2) is 0 Å². The number of hydrogen-bond acceptors (Lipinski definition) is 2. The van der Waals surface area contributed by atoms with Crippen LogP contribution in [0.4, 0.5) is 0 Å². The first kappa shape index (κ1) is 8.55. The van der Waals surface area contributed by atoms with Gasteiger partial charge >= 0.3 is 0 Å². The fourth-order valence-electron chi connectivity index (χ4n) is 1.53. The molecule has 2 heteroatoms. The summed E-state index contributed by atoms with van der Waals surface area (Å²) in [6.45, 7) is 2.04. The SMILES string of the molecule is CN(C)C(C)(C#N)C1CCC1. The average molecular weight is 152 g/mol. The van der Waals surface area contributed by atoms with Crippen molar-refractivity contribution >= 4 is 0 Å². The van der Waals surface area contributed by atoms with Gasteiger partial charge in [-0.2, -0.15) is 5.26 Å². The van der Waals surface area contributed by atoms with E-state index in [2.05, 4.69) is 6.07 Å². The zero-order valence-electron chi connectivity index (χ0n) is 7.59. The summed E-state index contributed by atoms with van der Waals surface area (Å²) in [6, 6.07) is 2.41. The molecule has 1 rings (SSSR count). The van der Waals surface area contributed by atoms with E-state index in [4.69, 9.17) is 5.26 Å². The molecule has 0 bridgehead atoms. The Balaban J connectivity index is 2.67. The molecule has 1 aliphatic rings. The summed E-state index contributed by atoms with van der Waals surface area (Å²) in [6.07, 6.45) is 3.75. The van der Waals surface area contributed by atoms with Gasteiger partial charge < -0.3 is 0 Å². The van der Waals surface area contributed by atoms with E-state index in [9.17, 15) is 0 Å². The van der Waals surface area contributed by atoms with Gasteiger partial charge in [0.1, 0.15) is 5.54 Å². The number of rotatable bonds is 2. The van der Waals surface area contributed by atoms with Gasteiger partial charge in [0.2, 0.25) is 0 Å². The Morgan fingerprint density at radius 3 is 2.09 bits per heavy atom. The summed E-state index contributed by atoms with van der Waals surface area (Å²) in [5.74, 6) is 0.600. The fourth-order valence-corrected chi connectivity index (χ4v) is 1.53. The summed E-state index contributed by atoms with van der Waals surface area (Å²) < 4.78 is 0. The van der Waals surface area contributed by atoms with E-state index in [1.165, 1.54) is 19.3 Å². The van der Waals surface area contributed by atoms with Gasteiger partial charge in [-0.05, 0) is 39.8 Å². The smallest absolute Gasteiger partial charge is 0.108 e. The van der Waals surface area contributed by atoms with Crippen molar-refractivity contribution in [2.45, 2.75) is 31.7 Å². The third-order valence-corrected chi connectivity index (χ3v) is 3.06. The minimum Gasteiger partial charge on any atom is -0.292 e. The topological polar surface area (TPSA) is 27.0 Å². The van der Waals surface area contributed by atoms with E-state index in [0.717, 1.165) is 0 Å². The highest BCUT2D eigenvalue weighted by Crippen LogP contribution is 2.38. The number of nitriles is 1. The lowest BCUT2D eigenvalue weighted by Gasteiger charge is -2.42. The van der Waals surface area contributed by atoms with Crippen LogP contribution in [0, 0.1) is 17.2 Å². The van der Waals surface area contributed by atoms with Crippen molar-refractivity contribution < 1.29 is 0 Å². The molecule has 1 fully saturated rings. The molecule has 1 saturated carbocycles. The van der Waals surface area contributed by atoms with E-state index in [-0.39, 0.29) is 5.54 Å². The van der Waals surface area contributed by atoms with Crippen LogP contribution in [-0.2, 0) is 0 Å². The van der Waals surface area contributed by atoms with Crippen LogP contribution in [0.3, 0.4) is 0 Å². The normalized spacial score (nSPS) is 23.9. The predicted molar refractivity (Wildman–Crippen MR) is 45.0 cm³/mol. The summed E-state index contributed by atoms with van der Waals surface area (Å²) in [4.78, 5) is 2.04. The lowest BCUT2D eigenvalue weighted by molar-refractivity contribution is 0.0961. The third-order valence-electron chi connectivity index (χ3n) is 3.06. The van der Waals surface area contributed by atoms with E-state index < -0.39 is 0 Å². The van der Waals surface area contributed by atoms with Gasteiger partial charge in [0.25, 0.3) is 0 Å². The Bertz CT molecular complexity index is 176. The predicted octanol–water partition coefficient (Wildman–Crippen LogP) is 1.63. The summed E-state index contributed by atoms with van der Waals surface area (Å²) >= 11 is 0. The van der Waals surface area contributed by atoms with E-state index in [1.54, 1.807) is 0 Å². The van der Waals surface area contributed by atoms with E-state index in [1.807, 2.05) is 25.9 Å². The van der Waals surface area contributed by atoms with Gasteiger partial charge in [-0.25, -0.2) is 0 Å². The molecule has 1 atom stereocenters. The van der Waals surface area contributed by atoms with Crippen molar-refractivity contribution in [3.8, 4) is 6.07 Å². The molecule has 1 unspecified atom stereocenters. The highest BCUT2D eigenvalue weighted by atomic mass is 15.1. The zero-order chi connectivity index (χ0) is 8.48. The van der Waals surface area contributed by atoms with Crippen molar-refractivity contribution in [3.05, 3.63) is 0 Å². The molecule has 0 amide bonds. The molecule has 1 aliphatic carbocycles. The summed E-state index contributed by atoms with van der Waals surface area (Å²) in [5.41, 5.74) is -0.224. The molecule has 62 valence electrons. The van der Waals surface area contributed by atoms with Gasteiger partial charge in [0, 0.05) is 0 Å². The van der Waals surface area contributed by atoms with Gasteiger partial charge in [0.05, 0.1) is 6.07 Å². The van der Waals surface area contributed by atoms with Crippen molar-refractivity contribution in [2.24, 2.45) is 5.92 Å². The first-order valence-electron chi connectivity index (χ1n) is 4.20. The van der Waals surface area contributed by atoms with E-state index in [0.29, 0.717) is 5.92 Å². The van der Waals surface area contributed by atoms with Crippen LogP contribution in [0.2, 0.25) is 0 Å². The van der Waals surface area contributed by atoms with Crippen molar-refractivity contribution in [2.75, 3.05) is 14.1 Å². The number of nitrogens with zero attached hydrogens (tertiary/aromatic N) is 2. The quantitative estimate of drug-likeness (QED) is 0.601. The standard InChI is InChI=1S/C9H16N2/c1-9(7-10,11(2)3)8-5-4-6-8/h8H,4-6H2,1-3H3. The Labute approximate surface area is 68.8 Å². The van der Waals surface area contributed by atoms with Crippen LogP contribution in [0.1, 0.15) is 26.2 Å². The monoisotopic (exact) mass is 152 g/mol. The Morgan fingerprint density at radius 1 is 1.45 bits per heavy atom. The zero-order valence-corrected chi connectivity index (χ0v) is 7.59. The largest absolute Gasteiger partial charge is 0.292 e. The minimum atomic E-state index is -0.224. The first-order valence-corrected chi connectivity index (χ1v) is 4.20. The van der Waals surface area contributed by atoms with Gasteiger partial charge in [-0.3, -0.25) is 4.90 Å². The molecule has 0 aromatic rings. The lowest BCUT2D eigenvalue weighted by Crippen LogP contribution is -2.49. The average Bonchev–Trinajstić information content (AvgIpc) is 1.83. The Kier molecular flexibility index (Phi) is 2.20. The lowest BCUT2D eigenvalue weighted by atomic mass is 9.72. The molecule has 0 saturated heterocycles. The molecule has 0 spiro atoms. The third kappa shape index (κ3) is 1.25. The van der Waals surface area contributed by atoms with Crippen LogP contribution in [-0.4, -0.2) is 24.5 Å². The van der Waals surface area contributed by atoms with Crippen molar-refractivity contribution in [1.82, 2.24) is 4.90 Å². The van der Waals surface area contributed by atoms with E-state index >= 15 is 0 Å². The second-order valence-corrected chi connectivity index (χ2v) is 3.78. The Hall–Kier alpha value is -0.550. The molecule has 0 aliphatic heterocycles. The van der Waals surface area contributed by atoms with Gasteiger partial charge in [-0.15, -0.1) is 0 Å². The van der Waals surface area contributed by atoms with Crippen LogP contribution in [0.15, 0.2) is 0 Å². The molecule has 11 heavy (non-hydrogen) atoms. The van der Waals surface area contributed by atoms with Crippen LogP contribution in [0.5, 0.6) is 0 Å². The maximum Gasteiger partial charge on any atom is 0.108 e. The molecule has 2 nitrogen and oxygen atoms in total. The second kappa shape index (κ2) is 2.83. The maximum absolute atomic E-state index is 9.00. The highest BCUT2D eigenvalue weighted by Gasteiger charge is 2.39. The van der Waals surface area contributed by atoms with Gasteiger partial charge in [-0.1, -0.05) is 6.42 Å². The highest BCUT2D eigenvalue weighted by molar-refractivity contribution is 5.09. The second-order valence-electron chi connectivity index (χ2n) is 3.78.